The fourth-order valence-electron chi connectivity index (χ4n) is 3.24. The number of anilines is 1. The number of piperazine rings is 1. The summed E-state index contributed by atoms with van der Waals surface area (Å²) in [6.07, 6.45) is 0. The summed E-state index contributed by atoms with van der Waals surface area (Å²) < 4.78 is 28.0. The monoisotopic (exact) mass is 496 g/mol. The van der Waals surface area contributed by atoms with Crippen molar-refractivity contribution in [1.29, 1.82) is 0 Å². The van der Waals surface area contributed by atoms with Crippen LogP contribution in [0.25, 0.3) is 0 Å². The molecule has 3 rings (SSSR count). The fraction of sp³-hybridized carbons (Fsp3) is 0.316. The van der Waals surface area contributed by atoms with E-state index in [1.165, 1.54) is 28.6 Å². The molecular formula is C19H21BrN4O5S. The second-order valence-corrected chi connectivity index (χ2v) is 9.66. The van der Waals surface area contributed by atoms with Crippen molar-refractivity contribution in [2.75, 3.05) is 31.5 Å². The molecule has 1 fully saturated rings. The first kappa shape index (κ1) is 22.3. The Morgan fingerprint density at radius 2 is 1.70 bits per heavy atom. The molecule has 1 N–H and O–H groups in total. The number of nitro benzene ring substituents is 1. The lowest BCUT2D eigenvalue weighted by atomic mass is 10.2. The van der Waals surface area contributed by atoms with Crippen molar-refractivity contribution < 1.29 is 18.1 Å². The van der Waals surface area contributed by atoms with Crippen molar-refractivity contribution in [2.24, 2.45) is 0 Å². The summed E-state index contributed by atoms with van der Waals surface area (Å²) in [5, 5.41) is 14.0. The van der Waals surface area contributed by atoms with Gasteiger partial charge in [0, 0.05) is 42.4 Å². The Labute approximate surface area is 183 Å². The van der Waals surface area contributed by atoms with E-state index in [1.807, 2.05) is 17.0 Å². The van der Waals surface area contributed by atoms with Crippen molar-refractivity contribution in [1.82, 2.24) is 9.21 Å². The van der Waals surface area contributed by atoms with Crippen LogP contribution in [0.3, 0.4) is 0 Å². The van der Waals surface area contributed by atoms with Gasteiger partial charge in [0.15, 0.2) is 4.90 Å². The SMILES string of the molecule is CC(C(=O)Nc1ccc(Br)cc1)N1CCN(S(=O)(=O)c2ccccc2[N+](=O)[O-])CC1. The molecule has 30 heavy (non-hydrogen) atoms. The maximum absolute atomic E-state index is 12.9. The van der Waals surface area contributed by atoms with Gasteiger partial charge in [-0.05, 0) is 37.3 Å². The first-order chi connectivity index (χ1) is 14.2. The van der Waals surface area contributed by atoms with Crippen molar-refractivity contribution in [3.05, 3.63) is 63.1 Å². The molecule has 2 aromatic carbocycles. The molecule has 2 aromatic rings. The van der Waals surface area contributed by atoms with E-state index in [4.69, 9.17) is 0 Å². The van der Waals surface area contributed by atoms with Crippen LogP contribution < -0.4 is 5.32 Å². The number of carbonyl (C=O) groups is 1. The van der Waals surface area contributed by atoms with Crippen LogP contribution in [-0.2, 0) is 14.8 Å². The van der Waals surface area contributed by atoms with E-state index in [0.29, 0.717) is 18.8 Å². The highest BCUT2D eigenvalue weighted by molar-refractivity contribution is 9.10. The number of halogens is 1. The summed E-state index contributed by atoms with van der Waals surface area (Å²) in [5.74, 6) is -0.188. The van der Waals surface area contributed by atoms with Crippen LogP contribution in [0, 0.1) is 10.1 Å². The van der Waals surface area contributed by atoms with Crippen LogP contribution in [0.1, 0.15) is 6.92 Å². The van der Waals surface area contributed by atoms with Crippen molar-refractivity contribution in [2.45, 2.75) is 17.9 Å². The Kier molecular flexibility index (Phi) is 6.86. The highest BCUT2D eigenvalue weighted by Crippen LogP contribution is 2.27. The van der Waals surface area contributed by atoms with Gasteiger partial charge in [-0.2, -0.15) is 4.31 Å². The molecule has 1 saturated heterocycles. The highest BCUT2D eigenvalue weighted by Gasteiger charge is 2.35. The number of benzene rings is 2. The zero-order valence-corrected chi connectivity index (χ0v) is 18.6. The third kappa shape index (κ3) is 4.86. The van der Waals surface area contributed by atoms with Gasteiger partial charge >= 0.3 is 0 Å². The van der Waals surface area contributed by atoms with Crippen molar-refractivity contribution >= 4 is 43.2 Å². The van der Waals surface area contributed by atoms with Gasteiger partial charge in [0.25, 0.3) is 5.69 Å². The average molecular weight is 497 g/mol. The van der Waals surface area contributed by atoms with Gasteiger partial charge in [-0.25, -0.2) is 8.42 Å². The van der Waals surface area contributed by atoms with Crippen LogP contribution in [0.5, 0.6) is 0 Å². The standard InChI is InChI=1S/C19H21BrN4O5S/c1-14(19(25)21-16-8-6-15(20)7-9-16)22-10-12-23(13-11-22)30(28,29)18-5-3-2-4-17(18)24(26)27/h2-9,14H,10-13H2,1H3,(H,21,25). The van der Waals surface area contributed by atoms with Gasteiger partial charge in [-0.1, -0.05) is 28.1 Å². The molecule has 160 valence electrons. The summed E-state index contributed by atoms with van der Waals surface area (Å²) in [4.78, 5) is 24.6. The molecule has 1 atom stereocenters. The maximum Gasteiger partial charge on any atom is 0.289 e. The number of sulfonamides is 1. The molecule has 0 spiro atoms. The highest BCUT2D eigenvalue weighted by atomic mass is 79.9. The third-order valence-corrected chi connectivity index (χ3v) is 7.47. The first-order valence-electron chi connectivity index (χ1n) is 9.24. The van der Waals surface area contributed by atoms with Gasteiger partial charge in [0.1, 0.15) is 0 Å². The van der Waals surface area contributed by atoms with Crippen LogP contribution in [0.15, 0.2) is 57.9 Å². The molecule has 1 aliphatic rings. The maximum atomic E-state index is 12.9. The topological polar surface area (TPSA) is 113 Å². The predicted octanol–water partition coefficient (Wildman–Crippen LogP) is 2.69. The molecule has 1 amide bonds. The summed E-state index contributed by atoms with van der Waals surface area (Å²) >= 11 is 3.34. The smallest absolute Gasteiger partial charge is 0.289 e. The molecule has 1 aliphatic heterocycles. The van der Waals surface area contributed by atoms with Gasteiger partial charge in [0.2, 0.25) is 15.9 Å². The molecule has 0 saturated carbocycles. The Morgan fingerprint density at radius 1 is 1.10 bits per heavy atom. The lowest BCUT2D eigenvalue weighted by molar-refractivity contribution is -0.387. The molecule has 0 bridgehead atoms. The number of nitrogens with one attached hydrogen (secondary N) is 1. The Hall–Kier alpha value is -2.34. The van der Waals surface area contributed by atoms with Crippen LogP contribution in [0.2, 0.25) is 0 Å². The van der Waals surface area contributed by atoms with Crippen molar-refractivity contribution in [3.63, 3.8) is 0 Å². The summed E-state index contributed by atoms with van der Waals surface area (Å²) in [6.45, 7) is 2.73. The molecule has 1 heterocycles. The lowest BCUT2D eigenvalue weighted by Gasteiger charge is -2.36. The minimum atomic E-state index is -4.00. The van der Waals surface area contributed by atoms with E-state index in [1.54, 1.807) is 19.1 Å². The van der Waals surface area contributed by atoms with E-state index in [2.05, 4.69) is 21.2 Å². The molecule has 0 aromatic heterocycles. The number of amides is 1. The summed E-state index contributed by atoms with van der Waals surface area (Å²) in [5.41, 5.74) is 0.231. The largest absolute Gasteiger partial charge is 0.325 e. The van der Waals surface area contributed by atoms with Gasteiger partial charge in [0.05, 0.1) is 11.0 Å². The van der Waals surface area contributed by atoms with Crippen LogP contribution in [0.4, 0.5) is 11.4 Å². The molecule has 11 heteroatoms. The molecular weight excluding hydrogens is 476 g/mol. The quantitative estimate of drug-likeness (QED) is 0.485. The van der Waals surface area contributed by atoms with E-state index in [-0.39, 0.29) is 23.9 Å². The minimum Gasteiger partial charge on any atom is -0.325 e. The van der Waals surface area contributed by atoms with E-state index in [9.17, 15) is 23.3 Å². The second kappa shape index (κ2) is 9.21. The average Bonchev–Trinajstić information content (AvgIpc) is 2.74. The van der Waals surface area contributed by atoms with E-state index >= 15 is 0 Å². The number of nitro groups is 1. The van der Waals surface area contributed by atoms with Gasteiger partial charge in [-0.3, -0.25) is 19.8 Å². The molecule has 1 unspecified atom stereocenters. The zero-order chi connectivity index (χ0) is 21.9. The third-order valence-electron chi connectivity index (χ3n) is 4.99. The van der Waals surface area contributed by atoms with Gasteiger partial charge < -0.3 is 5.32 Å². The summed E-state index contributed by atoms with van der Waals surface area (Å²) in [6, 6.07) is 12.1. The van der Waals surface area contributed by atoms with Gasteiger partial charge in [-0.15, -0.1) is 0 Å². The minimum absolute atomic E-state index is 0.143. The number of carbonyl (C=O) groups excluding carboxylic acids is 1. The van der Waals surface area contributed by atoms with E-state index in [0.717, 1.165) is 4.47 Å². The first-order valence-corrected chi connectivity index (χ1v) is 11.5. The van der Waals surface area contributed by atoms with Crippen molar-refractivity contribution in [3.8, 4) is 0 Å². The summed E-state index contributed by atoms with van der Waals surface area (Å²) in [7, 11) is -4.00. The zero-order valence-electron chi connectivity index (χ0n) is 16.2. The lowest BCUT2D eigenvalue weighted by Crippen LogP contribution is -2.53. The molecule has 0 aliphatic carbocycles. The van der Waals surface area contributed by atoms with E-state index < -0.39 is 26.7 Å². The number of rotatable bonds is 6. The second-order valence-electron chi connectivity index (χ2n) is 6.84. The van der Waals surface area contributed by atoms with Crippen LogP contribution in [-0.4, -0.2) is 60.7 Å². The Morgan fingerprint density at radius 3 is 2.30 bits per heavy atom. The Bertz CT molecular complexity index is 1040. The number of nitrogens with zero attached hydrogens (tertiary/aromatic N) is 3. The Balaban J connectivity index is 1.64. The predicted molar refractivity (Wildman–Crippen MR) is 116 cm³/mol. The van der Waals surface area contributed by atoms with Crippen LogP contribution >= 0.6 is 15.9 Å². The number of para-hydroxylation sites is 1. The number of hydrogen-bond acceptors (Lipinski definition) is 6. The molecule has 9 nitrogen and oxygen atoms in total. The molecule has 0 radical (unpaired) electrons. The number of hydrogen-bond donors (Lipinski definition) is 1. The fourth-order valence-corrected chi connectivity index (χ4v) is 5.09. The normalized spacial score (nSPS) is 16.7.